The number of nitrogens with one attached hydrogen (secondary N) is 1. The summed E-state index contributed by atoms with van der Waals surface area (Å²) in [6, 6.07) is 2.59. The predicted molar refractivity (Wildman–Crippen MR) is 55.2 cm³/mol. The maximum Gasteiger partial charge on any atom is 0.0985 e. The van der Waals surface area contributed by atoms with Crippen LogP contribution < -0.4 is 5.32 Å². The second-order valence-electron chi connectivity index (χ2n) is 3.42. The van der Waals surface area contributed by atoms with Crippen LogP contribution in [0.1, 0.15) is 23.5 Å². The van der Waals surface area contributed by atoms with Gasteiger partial charge < -0.3 is 10.1 Å². The molecule has 2 rings (SSSR count). The Balaban J connectivity index is 2.24. The van der Waals surface area contributed by atoms with Crippen molar-refractivity contribution in [2.24, 2.45) is 0 Å². The van der Waals surface area contributed by atoms with Crippen molar-refractivity contribution >= 4 is 11.3 Å². The van der Waals surface area contributed by atoms with Crippen LogP contribution in [0.2, 0.25) is 0 Å². The molecule has 2 atom stereocenters. The number of likely N-dealkylation sites (N-methyl/N-ethyl adjacent to an activating group) is 1. The van der Waals surface area contributed by atoms with Gasteiger partial charge in [-0.2, -0.15) is 0 Å². The Bertz CT molecular complexity index is 284. The lowest BCUT2D eigenvalue weighted by Crippen LogP contribution is -2.33. The van der Waals surface area contributed by atoms with Gasteiger partial charge in [0, 0.05) is 17.3 Å². The maximum absolute atomic E-state index is 5.76. The molecule has 2 nitrogen and oxygen atoms in total. The SMILES string of the molecule is CN[C@@H](C)[C@@H]1OCCc2sccc21. The minimum atomic E-state index is 0.250. The third kappa shape index (κ3) is 1.64. The van der Waals surface area contributed by atoms with Crippen molar-refractivity contribution < 1.29 is 4.74 Å². The largest absolute Gasteiger partial charge is 0.371 e. The van der Waals surface area contributed by atoms with Crippen LogP contribution in [0.25, 0.3) is 0 Å². The number of ether oxygens (including phenoxy) is 1. The summed E-state index contributed by atoms with van der Waals surface area (Å²) in [5, 5.41) is 5.41. The lowest BCUT2D eigenvalue weighted by Gasteiger charge is -2.28. The molecule has 13 heavy (non-hydrogen) atoms. The van der Waals surface area contributed by atoms with E-state index in [0.717, 1.165) is 13.0 Å². The van der Waals surface area contributed by atoms with Crippen LogP contribution in [0.3, 0.4) is 0 Å². The average molecular weight is 197 g/mol. The molecule has 0 saturated carbocycles. The van der Waals surface area contributed by atoms with Crippen LogP contribution in [0, 0.1) is 0 Å². The molecule has 1 N–H and O–H groups in total. The summed E-state index contributed by atoms with van der Waals surface area (Å²) in [4.78, 5) is 1.50. The monoisotopic (exact) mass is 197 g/mol. The summed E-state index contributed by atoms with van der Waals surface area (Å²) in [5.74, 6) is 0. The van der Waals surface area contributed by atoms with Gasteiger partial charge in [-0.3, -0.25) is 0 Å². The fraction of sp³-hybridized carbons (Fsp3) is 0.600. The zero-order valence-electron chi connectivity index (χ0n) is 8.04. The molecular formula is C10H15NOS. The molecule has 72 valence electrons. The van der Waals surface area contributed by atoms with Crippen LogP contribution in [-0.4, -0.2) is 19.7 Å². The molecule has 0 amide bonds. The Hall–Kier alpha value is -0.380. The molecule has 1 aliphatic heterocycles. The van der Waals surface area contributed by atoms with E-state index in [1.807, 2.05) is 18.4 Å². The lowest BCUT2D eigenvalue weighted by molar-refractivity contribution is 0.0227. The van der Waals surface area contributed by atoms with Gasteiger partial charge in [-0.05, 0) is 31.0 Å². The molecule has 0 fully saturated rings. The van der Waals surface area contributed by atoms with Crippen LogP contribution in [0.4, 0.5) is 0 Å². The number of thiophene rings is 1. The Morgan fingerprint density at radius 2 is 2.54 bits per heavy atom. The summed E-state index contributed by atoms with van der Waals surface area (Å²) in [6.45, 7) is 3.03. The summed E-state index contributed by atoms with van der Waals surface area (Å²) in [7, 11) is 1.98. The van der Waals surface area contributed by atoms with Crippen molar-refractivity contribution in [1.82, 2.24) is 5.32 Å². The summed E-state index contributed by atoms with van der Waals surface area (Å²) < 4.78 is 5.76. The fourth-order valence-corrected chi connectivity index (χ4v) is 2.64. The summed E-state index contributed by atoms with van der Waals surface area (Å²) in [5.41, 5.74) is 1.39. The van der Waals surface area contributed by atoms with Gasteiger partial charge in [-0.25, -0.2) is 0 Å². The zero-order valence-corrected chi connectivity index (χ0v) is 8.86. The minimum Gasteiger partial charge on any atom is -0.371 e. The van der Waals surface area contributed by atoms with Crippen molar-refractivity contribution in [1.29, 1.82) is 0 Å². The molecule has 3 heteroatoms. The highest BCUT2D eigenvalue weighted by Gasteiger charge is 2.25. The van der Waals surface area contributed by atoms with Gasteiger partial charge in [0.1, 0.15) is 0 Å². The molecule has 0 aromatic carbocycles. The molecule has 0 saturated heterocycles. The number of hydrogen-bond acceptors (Lipinski definition) is 3. The highest BCUT2D eigenvalue weighted by Crippen LogP contribution is 2.32. The van der Waals surface area contributed by atoms with E-state index >= 15 is 0 Å². The third-order valence-electron chi connectivity index (χ3n) is 2.62. The van der Waals surface area contributed by atoms with Crippen molar-refractivity contribution in [3.05, 3.63) is 21.9 Å². The number of hydrogen-bond donors (Lipinski definition) is 1. The van der Waals surface area contributed by atoms with Crippen LogP contribution in [0.5, 0.6) is 0 Å². The second-order valence-corrected chi connectivity index (χ2v) is 4.42. The Morgan fingerprint density at radius 3 is 3.31 bits per heavy atom. The molecule has 0 spiro atoms. The Labute approximate surface area is 82.9 Å². The number of fused-ring (bicyclic) bond motifs is 1. The van der Waals surface area contributed by atoms with E-state index < -0.39 is 0 Å². The average Bonchev–Trinajstić information content (AvgIpc) is 2.63. The van der Waals surface area contributed by atoms with Crippen molar-refractivity contribution in [2.45, 2.75) is 25.5 Å². The van der Waals surface area contributed by atoms with Crippen molar-refractivity contribution in [3.8, 4) is 0 Å². The standard InChI is InChI=1S/C10H15NOS/c1-7(11-2)10-8-4-6-13-9(8)3-5-12-10/h4,6-7,10-11H,3,5H2,1-2H3/t7-,10-/m0/s1. The van der Waals surface area contributed by atoms with E-state index in [2.05, 4.69) is 23.7 Å². The zero-order chi connectivity index (χ0) is 9.26. The number of rotatable bonds is 2. The minimum absolute atomic E-state index is 0.250. The molecule has 1 aliphatic rings. The van der Waals surface area contributed by atoms with E-state index in [1.165, 1.54) is 10.4 Å². The highest BCUT2D eigenvalue weighted by molar-refractivity contribution is 7.10. The molecule has 1 aromatic rings. The van der Waals surface area contributed by atoms with E-state index in [1.54, 1.807) is 0 Å². The maximum atomic E-state index is 5.76. The van der Waals surface area contributed by atoms with Crippen molar-refractivity contribution in [3.63, 3.8) is 0 Å². The van der Waals surface area contributed by atoms with E-state index in [4.69, 9.17) is 4.74 Å². The van der Waals surface area contributed by atoms with Gasteiger partial charge >= 0.3 is 0 Å². The van der Waals surface area contributed by atoms with Gasteiger partial charge in [0.2, 0.25) is 0 Å². The lowest BCUT2D eigenvalue weighted by atomic mass is 10.0. The van der Waals surface area contributed by atoms with Gasteiger partial charge in [0.25, 0.3) is 0 Å². The van der Waals surface area contributed by atoms with E-state index in [-0.39, 0.29) is 6.10 Å². The first kappa shape index (κ1) is 9.19. The summed E-state index contributed by atoms with van der Waals surface area (Å²) in [6.07, 6.45) is 1.33. The third-order valence-corrected chi connectivity index (χ3v) is 3.62. The fourth-order valence-electron chi connectivity index (χ4n) is 1.74. The predicted octanol–water partition coefficient (Wildman–Crippen LogP) is 1.97. The van der Waals surface area contributed by atoms with Gasteiger partial charge in [0.05, 0.1) is 12.7 Å². The van der Waals surface area contributed by atoms with Gasteiger partial charge in [-0.15, -0.1) is 11.3 Å². The molecule has 0 radical (unpaired) electrons. The molecule has 1 aromatic heterocycles. The first-order valence-electron chi connectivity index (χ1n) is 4.68. The quantitative estimate of drug-likeness (QED) is 0.782. The van der Waals surface area contributed by atoms with E-state index in [0.29, 0.717) is 6.04 Å². The summed E-state index contributed by atoms with van der Waals surface area (Å²) >= 11 is 1.85. The van der Waals surface area contributed by atoms with Gasteiger partial charge in [-0.1, -0.05) is 0 Å². The molecule has 0 aliphatic carbocycles. The first-order valence-corrected chi connectivity index (χ1v) is 5.56. The molecule has 2 heterocycles. The van der Waals surface area contributed by atoms with Crippen LogP contribution in [0.15, 0.2) is 11.4 Å². The van der Waals surface area contributed by atoms with E-state index in [9.17, 15) is 0 Å². The smallest absolute Gasteiger partial charge is 0.0985 e. The molecule has 0 bridgehead atoms. The molecule has 0 unspecified atom stereocenters. The van der Waals surface area contributed by atoms with Gasteiger partial charge in [0.15, 0.2) is 0 Å². The topological polar surface area (TPSA) is 21.3 Å². The second kappa shape index (κ2) is 3.78. The van der Waals surface area contributed by atoms with Crippen molar-refractivity contribution in [2.75, 3.05) is 13.7 Å². The van der Waals surface area contributed by atoms with Crippen LogP contribution >= 0.6 is 11.3 Å². The van der Waals surface area contributed by atoms with Crippen LogP contribution in [-0.2, 0) is 11.2 Å². The first-order chi connectivity index (χ1) is 6.33. The highest BCUT2D eigenvalue weighted by atomic mass is 32.1. The Kier molecular flexibility index (Phi) is 2.67. The normalized spacial score (nSPS) is 24.0. The molecular weight excluding hydrogens is 182 g/mol. The Morgan fingerprint density at radius 1 is 1.69 bits per heavy atom.